The normalized spacial score (nSPS) is 12.3. The lowest BCUT2D eigenvalue weighted by Gasteiger charge is -2.28. The van der Waals surface area contributed by atoms with E-state index in [9.17, 15) is 19.2 Å². The largest absolute Gasteiger partial charge is 0.321 e. The van der Waals surface area contributed by atoms with Gasteiger partial charge in [-0.15, -0.1) is 0 Å². The van der Waals surface area contributed by atoms with Crippen LogP contribution in [-0.4, -0.2) is 112 Å². The third-order valence-corrected chi connectivity index (χ3v) is 22.8. The van der Waals surface area contributed by atoms with Gasteiger partial charge in [-0.3, -0.25) is 19.2 Å². The Hall–Kier alpha value is -12.9. The van der Waals surface area contributed by atoms with Gasteiger partial charge in [0.15, 0.2) is 44.7 Å². The van der Waals surface area contributed by atoms with Crippen molar-refractivity contribution in [3.8, 4) is 0 Å². The monoisotopic (exact) mass is 1670 g/mol. The molecule has 9 aromatic carbocycles. The molecule has 8 N–H and O–H groups in total. The molecule has 24 nitrogen and oxygen atoms in total. The molecule has 13 aromatic rings. The molecule has 17 rings (SSSR count). The highest BCUT2D eigenvalue weighted by Crippen LogP contribution is 2.41. The molecule has 4 aliphatic rings. The Labute approximate surface area is 716 Å². The second-order valence-corrected chi connectivity index (χ2v) is 31.7. The summed E-state index contributed by atoms with van der Waals surface area (Å²) in [4.78, 5) is 105. The van der Waals surface area contributed by atoms with Gasteiger partial charge in [-0.2, -0.15) is 0 Å². The Morgan fingerprint density at radius 3 is 1.06 bits per heavy atom. The van der Waals surface area contributed by atoms with Crippen molar-refractivity contribution in [3.63, 3.8) is 0 Å². The van der Waals surface area contributed by atoms with E-state index in [1.165, 1.54) is 44.2 Å². The summed E-state index contributed by atoms with van der Waals surface area (Å²) in [7, 11) is 0. The SMILES string of the molecule is C=c1nc2c(c(=O)[nH]1)=Nc1cc(C)c(C)cc1N2CCNCCCc1ccccc1.C=c1nc2c(c(=O)[nH]1)=Nc1cc(C)c(C)cc1N2CCNCCc1cccc2ccccc12.C=c1nc2c(c(=O)[nH]1)=Nc1cc(C)c(C)cc1N2CCNCCc1ccccc1.C=c1nc2c(c(=O)[nH]1)=Nc1cc(C)c(C)cc1N2CCNCc1ccc(Cl)c(Cl)c1. The predicted octanol–water partition coefficient (Wildman–Crippen LogP) is 10.9. The van der Waals surface area contributed by atoms with E-state index in [0.717, 1.165) is 144 Å². The molecule has 0 aliphatic carbocycles. The Balaban J connectivity index is 0.000000133. The maximum Gasteiger partial charge on any atom is 0.279 e. The lowest BCUT2D eigenvalue weighted by Crippen LogP contribution is -2.44. The van der Waals surface area contributed by atoms with E-state index in [4.69, 9.17) is 23.2 Å². The number of nitrogens with one attached hydrogen (secondary N) is 8. The van der Waals surface area contributed by atoms with Crippen LogP contribution in [0.15, 0.2) is 209 Å². The number of aryl methyl sites for hydroxylation is 9. The number of anilines is 8. The van der Waals surface area contributed by atoms with Gasteiger partial charge in [0.2, 0.25) is 0 Å². The minimum Gasteiger partial charge on any atom is -0.321 e. The van der Waals surface area contributed by atoms with Crippen LogP contribution in [0, 0.1) is 55.4 Å². The number of fused-ring (bicyclic) bond motifs is 9. The van der Waals surface area contributed by atoms with Crippen LogP contribution in [0.4, 0.5) is 68.8 Å². The zero-order valence-electron chi connectivity index (χ0n) is 70.1. The Kier molecular flexibility index (Phi) is 27.1. The van der Waals surface area contributed by atoms with Gasteiger partial charge in [0.1, 0.15) is 21.9 Å². The van der Waals surface area contributed by atoms with E-state index >= 15 is 0 Å². The fourth-order valence-corrected chi connectivity index (χ4v) is 15.4. The molecule has 8 heterocycles. The number of hydrogen-bond donors (Lipinski definition) is 8. The summed E-state index contributed by atoms with van der Waals surface area (Å²) in [5, 5.41) is 19.0. The molecule has 0 bridgehead atoms. The zero-order valence-corrected chi connectivity index (χ0v) is 71.6. The summed E-state index contributed by atoms with van der Waals surface area (Å²) in [5.41, 5.74) is 21.6. The van der Waals surface area contributed by atoms with Crippen LogP contribution in [0.25, 0.3) is 37.1 Å². The van der Waals surface area contributed by atoms with Gasteiger partial charge in [-0.05, 0) is 239 Å². The second-order valence-electron chi connectivity index (χ2n) is 30.9. The van der Waals surface area contributed by atoms with Crippen molar-refractivity contribution in [1.29, 1.82) is 0 Å². The minimum absolute atomic E-state index is 0.255. The molecule has 0 spiro atoms. The Morgan fingerprint density at radius 1 is 0.328 bits per heavy atom. The summed E-state index contributed by atoms with van der Waals surface area (Å²) in [6, 6.07) is 58.0. The smallest absolute Gasteiger partial charge is 0.279 e. The average molecular weight is 1670 g/mol. The zero-order chi connectivity index (χ0) is 85.8. The maximum absolute atomic E-state index is 12.6. The molecule has 0 saturated carbocycles. The van der Waals surface area contributed by atoms with Gasteiger partial charge < -0.3 is 60.8 Å². The average Bonchev–Trinajstić information content (AvgIpc) is 0.771. The summed E-state index contributed by atoms with van der Waals surface area (Å²) >= 11 is 12.1. The van der Waals surface area contributed by atoms with Crippen molar-refractivity contribution in [2.75, 3.05) is 91.6 Å². The molecule has 26 heteroatoms. The van der Waals surface area contributed by atoms with E-state index in [1.807, 2.05) is 60.4 Å². The predicted molar refractivity (Wildman–Crippen MR) is 494 cm³/mol. The van der Waals surface area contributed by atoms with Crippen LogP contribution >= 0.6 is 23.2 Å². The highest BCUT2D eigenvalue weighted by molar-refractivity contribution is 6.42. The number of aromatic amines is 4. The summed E-state index contributed by atoms with van der Waals surface area (Å²) < 4.78 is 0. The van der Waals surface area contributed by atoms with Crippen molar-refractivity contribution >= 4 is 129 Å². The van der Waals surface area contributed by atoms with Crippen molar-refractivity contribution in [1.82, 2.24) is 61.1 Å². The molecule has 0 saturated heterocycles. The first-order chi connectivity index (χ1) is 58.9. The number of nitrogens with zero attached hydrogens (tertiary/aromatic N) is 12. The summed E-state index contributed by atoms with van der Waals surface area (Å²) in [6.07, 6.45) is 4.06. The Morgan fingerprint density at radius 2 is 0.664 bits per heavy atom. The molecule has 0 fully saturated rings. The van der Waals surface area contributed by atoms with Crippen LogP contribution in [0.2, 0.25) is 10.0 Å². The van der Waals surface area contributed by atoms with E-state index in [-0.39, 0.29) is 22.2 Å². The number of benzene rings is 9. The quantitative estimate of drug-likeness (QED) is 0.0261. The van der Waals surface area contributed by atoms with Gasteiger partial charge >= 0.3 is 0 Å². The van der Waals surface area contributed by atoms with Gasteiger partial charge in [-0.25, -0.2) is 39.9 Å². The van der Waals surface area contributed by atoms with Gasteiger partial charge in [0.25, 0.3) is 22.2 Å². The topological polar surface area (TPSA) is 294 Å². The third-order valence-electron chi connectivity index (χ3n) is 22.1. The highest BCUT2D eigenvalue weighted by atomic mass is 35.5. The van der Waals surface area contributed by atoms with E-state index in [0.29, 0.717) is 116 Å². The molecule has 4 aliphatic heterocycles. The third kappa shape index (κ3) is 20.1. The fraction of sp³-hybridized carbons (Fsp3) is 0.250. The first kappa shape index (κ1) is 85.5. The van der Waals surface area contributed by atoms with Crippen LogP contribution in [0.5, 0.6) is 0 Å². The molecule has 622 valence electrons. The molecule has 0 amide bonds. The Bertz CT molecular complexity index is 6880. The van der Waals surface area contributed by atoms with Crippen molar-refractivity contribution < 1.29 is 0 Å². The lowest BCUT2D eigenvalue weighted by atomic mass is 10.0. The number of rotatable bonds is 24. The lowest BCUT2D eigenvalue weighted by molar-refractivity contribution is 0.646. The maximum atomic E-state index is 12.6. The number of aromatic nitrogens is 8. The summed E-state index contributed by atoms with van der Waals surface area (Å²) in [6.45, 7) is 40.7. The number of hydrogen-bond acceptors (Lipinski definition) is 20. The van der Waals surface area contributed by atoms with Crippen molar-refractivity contribution in [3.05, 3.63) is 331 Å². The van der Waals surface area contributed by atoms with Crippen LogP contribution in [0.1, 0.15) is 73.2 Å². The standard InChI is InChI=1S/C27H27N5O.C24H27N5O.C23H25N5O.C22H21Cl2N5O/c1-17-15-23-24(16-18(17)2)32(26-25(31-23)27(33)30-19(3)29-26)14-13-28-12-11-21-9-6-8-20-7-4-5-10-22(20)21;1-16-14-20-21(15-17(16)2)29(23-22(28-20)24(30)27-18(3)26-23)13-12-25-11-7-10-19-8-5-4-6-9-19;1-15-13-19-20(14-16(15)2)28(22-21(27-19)23(29)26-17(3)25-22)12-11-24-10-9-18-7-5-4-6-8-18;1-12-8-18-19(9-13(12)2)29(21-20(28-18)22(30)27-14(3)26-21)7-6-25-11-15-4-5-16(23)17(24)10-15/h4-10,15-16,28H,3,11-14H2,1-2H3,(H,30,33);4-6,8-9,14-15,25H,3,7,10-13H2,1-2H3,(H,27,30);4-8,13-14,24H,3,9-12H2,1-2H3,(H,26,29);4-5,8-10,25H,3,6-7,11H2,1-2H3,(H,27,30). The molecule has 4 aromatic heterocycles. The van der Waals surface area contributed by atoms with Crippen molar-refractivity contribution in [2.45, 2.75) is 87.6 Å². The molecular formula is C96H100Cl2N20O4. The van der Waals surface area contributed by atoms with E-state index in [2.05, 4.69) is 286 Å². The van der Waals surface area contributed by atoms with Crippen LogP contribution in [0.3, 0.4) is 0 Å². The number of halogens is 2. The van der Waals surface area contributed by atoms with Gasteiger partial charge in [0.05, 0.1) is 55.5 Å². The first-order valence-electron chi connectivity index (χ1n) is 41.0. The van der Waals surface area contributed by atoms with Crippen LogP contribution in [-0.2, 0) is 25.8 Å². The molecule has 0 radical (unpaired) electrons. The van der Waals surface area contributed by atoms with Crippen molar-refractivity contribution in [2.24, 2.45) is 20.0 Å². The van der Waals surface area contributed by atoms with Gasteiger partial charge in [0, 0.05) is 58.9 Å². The molecular weight excluding hydrogens is 1570 g/mol. The van der Waals surface area contributed by atoms with Gasteiger partial charge in [-0.1, -0.05) is 159 Å². The molecule has 122 heavy (non-hydrogen) atoms. The minimum atomic E-state index is -0.289. The van der Waals surface area contributed by atoms with E-state index in [1.54, 1.807) is 6.07 Å². The van der Waals surface area contributed by atoms with E-state index < -0.39 is 0 Å². The summed E-state index contributed by atoms with van der Waals surface area (Å²) in [5.74, 6) is 2.23. The fourth-order valence-electron chi connectivity index (χ4n) is 15.1. The highest BCUT2D eigenvalue weighted by Gasteiger charge is 2.28. The van der Waals surface area contributed by atoms with Crippen LogP contribution < -0.4 is 106 Å². The first-order valence-corrected chi connectivity index (χ1v) is 41.7. The second kappa shape index (κ2) is 38.6. The molecule has 0 unspecified atom stereocenters. The molecule has 0 atom stereocenters. The number of H-pyrrole nitrogens is 4.